The summed E-state index contributed by atoms with van der Waals surface area (Å²) < 4.78 is 9.28. The minimum Gasteiger partial charge on any atom is -0.436 e. The molecule has 4 heteroatoms. The monoisotopic (exact) mass is 636 g/mol. The van der Waals surface area contributed by atoms with Crippen LogP contribution in [0.1, 0.15) is 43.6 Å². The van der Waals surface area contributed by atoms with Crippen molar-refractivity contribution in [1.29, 1.82) is 0 Å². The lowest BCUT2D eigenvalue weighted by Crippen LogP contribution is -2.05. The standard InChI is InChI=1S/C44H32N2OS/c1-2-11-27(12-3-1)37-25-31-13-4-5-18-33(31)42-40(37)41-44(47-42)46-38(26-45-41)32-17-9-15-29(24-32)28-14-8-16-30(23-28)34-20-10-21-36-35-19-6-7-22-39(35)48-43(34)36/h4-10,13-27H,1-3,11-12H2. The van der Waals surface area contributed by atoms with Crippen molar-refractivity contribution in [3.8, 4) is 33.5 Å². The van der Waals surface area contributed by atoms with Gasteiger partial charge >= 0.3 is 0 Å². The van der Waals surface area contributed by atoms with E-state index in [2.05, 4.69) is 121 Å². The molecular weight excluding hydrogens is 605 g/mol. The topological polar surface area (TPSA) is 38.9 Å². The minimum absolute atomic E-state index is 0.534. The van der Waals surface area contributed by atoms with E-state index in [1.54, 1.807) is 0 Å². The van der Waals surface area contributed by atoms with E-state index in [9.17, 15) is 0 Å². The van der Waals surface area contributed by atoms with Crippen LogP contribution < -0.4 is 0 Å². The van der Waals surface area contributed by atoms with Crippen LogP contribution in [0, 0.1) is 0 Å². The number of hydrogen-bond donors (Lipinski definition) is 0. The van der Waals surface area contributed by atoms with Gasteiger partial charge in [-0.1, -0.05) is 116 Å². The second-order valence-electron chi connectivity index (χ2n) is 13.2. The molecule has 0 atom stereocenters. The van der Waals surface area contributed by atoms with E-state index in [4.69, 9.17) is 14.4 Å². The van der Waals surface area contributed by atoms with E-state index in [1.165, 1.54) is 79.9 Å². The van der Waals surface area contributed by atoms with Crippen LogP contribution in [0.2, 0.25) is 0 Å². The van der Waals surface area contributed by atoms with Crippen molar-refractivity contribution >= 4 is 64.5 Å². The largest absolute Gasteiger partial charge is 0.436 e. The summed E-state index contributed by atoms with van der Waals surface area (Å²) in [6, 6.07) is 43.8. The fourth-order valence-electron chi connectivity index (χ4n) is 7.97. The Balaban J connectivity index is 1.06. The van der Waals surface area contributed by atoms with Crippen molar-refractivity contribution in [3.63, 3.8) is 0 Å². The fraction of sp³-hybridized carbons (Fsp3) is 0.136. The van der Waals surface area contributed by atoms with Crippen LogP contribution in [0.25, 0.3) is 86.7 Å². The number of aromatic nitrogens is 2. The Kier molecular flexibility index (Phi) is 6.44. The summed E-state index contributed by atoms with van der Waals surface area (Å²) in [7, 11) is 0. The Bertz CT molecular complexity index is 2680. The smallest absolute Gasteiger partial charge is 0.246 e. The summed E-state index contributed by atoms with van der Waals surface area (Å²) in [5.74, 6) is 0.534. The molecule has 1 saturated carbocycles. The van der Waals surface area contributed by atoms with Crippen LogP contribution in [0.5, 0.6) is 0 Å². The van der Waals surface area contributed by atoms with Crippen LogP contribution in [0.3, 0.4) is 0 Å². The summed E-state index contributed by atoms with van der Waals surface area (Å²) in [6.07, 6.45) is 8.26. The van der Waals surface area contributed by atoms with E-state index >= 15 is 0 Å². The van der Waals surface area contributed by atoms with Crippen LogP contribution >= 0.6 is 11.3 Å². The van der Waals surface area contributed by atoms with Crippen LogP contribution in [0.4, 0.5) is 0 Å². The molecule has 1 aliphatic rings. The van der Waals surface area contributed by atoms with Gasteiger partial charge in [-0.3, -0.25) is 0 Å². The first-order valence-electron chi connectivity index (χ1n) is 17.0. The Hall–Kier alpha value is -5.32. The molecule has 10 rings (SSSR count). The zero-order valence-electron chi connectivity index (χ0n) is 26.4. The molecule has 3 nitrogen and oxygen atoms in total. The average molecular weight is 637 g/mol. The first-order chi connectivity index (χ1) is 23.8. The van der Waals surface area contributed by atoms with E-state index in [0.29, 0.717) is 11.6 Å². The second kappa shape index (κ2) is 11.1. The summed E-state index contributed by atoms with van der Waals surface area (Å²) in [5, 5.41) is 6.14. The van der Waals surface area contributed by atoms with Crippen LogP contribution in [-0.2, 0) is 0 Å². The normalized spacial score (nSPS) is 14.2. The summed E-state index contributed by atoms with van der Waals surface area (Å²) in [4.78, 5) is 10.2. The molecule has 0 radical (unpaired) electrons. The molecule has 6 aromatic carbocycles. The minimum atomic E-state index is 0.534. The van der Waals surface area contributed by atoms with Crippen molar-refractivity contribution in [1.82, 2.24) is 9.97 Å². The molecule has 0 aliphatic heterocycles. The average Bonchev–Trinajstić information content (AvgIpc) is 3.74. The molecule has 1 fully saturated rings. The van der Waals surface area contributed by atoms with E-state index < -0.39 is 0 Å². The predicted octanol–water partition coefficient (Wildman–Crippen LogP) is 12.9. The molecule has 230 valence electrons. The van der Waals surface area contributed by atoms with Crippen LogP contribution in [-0.4, -0.2) is 9.97 Å². The molecule has 0 unspecified atom stereocenters. The van der Waals surface area contributed by atoms with Gasteiger partial charge in [0.2, 0.25) is 5.71 Å². The maximum atomic E-state index is 6.62. The van der Waals surface area contributed by atoms with Gasteiger partial charge in [-0.25, -0.2) is 9.97 Å². The Morgan fingerprint density at radius 3 is 2.21 bits per heavy atom. The van der Waals surface area contributed by atoms with Gasteiger partial charge in [-0.2, -0.15) is 0 Å². The molecule has 3 heterocycles. The lowest BCUT2D eigenvalue weighted by molar-refractivity contribution is 0.446. The Morgan fingerprint density at radius 2 is 1.33 bits per heavy atom. The number of thiophene rings is 1. The van der Waals surface area contributed by atoms with Gasteiger partial charge in [0.15, 0.2) is 0 Å². The lowest BCUT2D eigenvalue weighted by Gasteiger charge is -2.23. The number of fused-ring (bicyclic) bond motifs is 8. The van der Waals surface area contributed by atoms with E-state index in [1.807, 2.05) is 17.5 Å². The van der Waals surface area contributed by atoms with Crippen molar-refractivity contribution in [2.24, 2.45) is 0 Å². The van der Waals surface area contributed by atoms with Crippen molar-refractivity contribution in [2.45, 2.75) is 38.0 Å². The zero-order valence-corrected chi connectivity index (χ0v) is 27.3. The summed E-state index contributed by atoms with van der Waals surface area (Å²) in [5.41, 5.74) is 10.4. The van der Waals surface area contributed by atoms with Gasteiger partial charge in [-0.15, -0.1) is 11.3 Å². The summed E-state index contributed by atoms with van der Waals surface area (Å²) >= 11 is 1.87. The third-order valence-electron chi connectivity index (χ3n) is 10.3. The highest BCUT2D eigenvalue weighted by Crippen LogP contribution is 2.44. The van der Waals surface area contributed by atoms with Gasteiger partial charge in [0.25, 0.3) is 0 Å². The maximum absolute atomic E-state index is 6.62. The first kappa shape index (κ1) is 27.8. The number of nitrogens with zero attached hydrogens (tertiary/aromatic N) is 2. The van der Waals surface area contributed by atoms with Gasteiger partial charge in [0, 0.05) is 31.1 Å². The number of hydrogen-bond acceptors (Lipinski definition) is 4. The first-order valence-corrected chi connectivity index (χ1v) is 17.8. The fourth-order valence-corrected chi connectivity index (χ4v) is 9.21. The number of rotatable bonds is 4. The van der Waals surface area contributed by atoms with Gasteiger partial charge < -0.3 is 4.42 Å². The molecule has 0 bridgehead atoms. The predicted molar refractivity (Wildman–Crippen MR) is 202 cm³/mol. The molecule has 0 N–H and O–H groups in total. The molecule has 48 heavy (non-hydrogen) atoms. The van der Waals surface area contributed by atoms with Gasteiger partial charge in [0.05, 0.1) is 17.3 Å². The third-order valence-corrected chi connectivity index (χ3v) is 11.5. The molecule has 1 aliphatic carbocycles. The Labute approximate surface area is 282 Å². The highest BCUT2D eigenvalue weighted by atomic mass is 32.1. The van der Waals surface area contributed by atoms with E-state index in [-0.39, 0.29) is 0 Å². The second-order valence-corrected chi connectivity index (χ2v) is 14.2. The quantitative estimate of drug-likeness (QED) is 0.193. The van der Waals surface area contributed by atoms with Gasteiger partial charge in [-0.05, 0) is 76.2 Å². The Morgan fingerprint density at radius 1 is 0.625 bits per heavy atom. The highest BCUT2D eigenvalue weighted by molar-refractivity contribution is 7.26. The van der Waals surface area contributed by atoms with E-state index in [0.717, 1.165) is 38.7 Å². The summed E-state index contributed by atoms with van der Waals surface area (Å²) in [6.45, 7) is 0. The molecule has 0 saturated heterocycles. The molecular formula is C44H32N2OS. The number of furan rings is 1. The lowest BCUT2D eigenvalue weighted by atomic mass is 9.82. The van der Waals surface area contributed by atoms with Gasteiger partial charge in [0.1, 0.15) is 11.1 Å². The molecule has 3 aromatic heterocycles. The molecule has 0 spiro atoms. The van der Waals surface area contributed by atoms with Crippen LogP contribution in [0.15, 0.2) is 132 Å². The van der Waals surface area contributed by atoms with Crippen molar-refractivity contribution in [2.75, 3.05) is 0 Å². The zero-order chi connectivity index (χ0) is 31.6. The van der Waals surface area contributed by atoms with Crippen molar-refractivity contribution in [3.05, 3.63) is 133 Å². The van der Waals surface area contributed by atoms with Crippen molar-refractivity contribution < 1.29 is 4.42 Å². The highest BCUT2D eigenvalue weighted by Gasteiger charge is 2.24. The molecule has 0 amide bonds. The molecule has 9 aromatic rings. The third kappa shape index (κ3) is 4.47. The number of benzene rings is 6. The SMILES string of the molecule is c1cc(-c2cccc(-c3cccc4c3sc3ccccc34)c2)cc(-c2cnc3c(n2)oc2c4ccccc4cc(C4CCCCC4)c32)c1. The maximum Gasteiger partial charge on any atom is 0.246 e.